The van der Waals surface area contributed by atoms with Crippen molar-refractivity contribution in [2.24, 2.45) is 0 Å². The van der Waals surface area contributed by atoms with Crippen molar-refractivity contribution in [2.75, 3.05) is 9.80 Å². The zero-order valence-corrected chi connectivity index (χ0v) is 41.2. The van der Waals surface area contributed by atoms with Crippen molar-refractivity contribution < 1.29 is 4.74 Å². The van der Waals surface area contributed by atoms with Crippen LogP contribution in [-0.2, 0) is 16.2 Å². The normalized spacial score (nSPS) is 22.1. The molecule has 4 aliphatic heterocycles. The molecule has 6 heteroatoms. The molecule has 67 heavy (non-hydrogen) atoms. The molecular weight excluding hydrogens is 834 g/mol. The molecule has 1 saturated carbocycles. The summed E-state index contributed by atoms with van der Waals surface area (Å²) in [4.78, 5) is 5.48. The van der Waals surface area contributed by atoms with Gasteiger partial charge in [0.15, 0.2) is 5.75 Å². The average molecular weight is 892 g/mol. The highest BCUT2D eigenvalue weighted by Gasteiger charge is 2.58. The van der Waals surface area contributed by atoms with E-state index in [1.165, 1.54) is 129 Å². The molecule has 4 nitrogen and oxygen atoms in total. The Labute approximate surface area is 399 Å². The number of benzene rings is 6. The fraction of sp³-hybridized carbons (Fsp3) is 0.311. The van der Waals surface area contributed by atoms with Gasteiger partial charge in [-0.2, -0.15) is 0 Å². The first-order valence-corrected chi connectivity index (χ1v) is 25.7. The van der Waals surface area contributed by atoms with E-state index < -0.39 is 0 Å². The number of rotatable bonds is 2. The second-order valence-corrected chi connectivity index (χ2v) is 24.3. The van der Waals surface area contributed by atoms with Gasteiger partial charge in [0.25, 0.3) is 6.71 Å². The van der Waals surface area contributed by atoms with Crippen molar-refractivity contribution in [2.45, 2.75) is 122 Å². The predicted octanol–water partition coefficient (Wildman–Crippen LogP) is 14.6. The first kappa shape index (κ1) is 40.1. The minimum atomic E-state index is -0.0774. The van der Waals surface area contributed by atoms with Gasteiger partial charge >= 0.3 is 0 Å². The van der Waals surface area contributed by atoms with Gasteiger partial charge in [0, 0.05) is 54.7 Å². The van der Waals surface area contributed by atoms with Crippen molar-refractivity contribution in [3.63, 3.8) is 0 Å². The third-order valence-corrected chi connectivity index (χ3v) is 18.6. The summed E-state index contributed by atoms with van der Waals surface area (Å²) in [6, 6.07) is 41.1. The minimum Gasteiger partial charge on any atom is -0.458 e. The monoisotopic (exact) mass is 891 g/mol. The fourth-order valence-electron chi connectivity index (χ4n) is 13.8. The van der Waals surface area contributed by atoms with E-state index in [1.54, 1.807) is 0 Å². The number of allylic oxidation sites excluding steroid dienone is 4. The summed E-state index contributed by atoms with van der Waals surface area (Å²) in [7, 11) is 0. The summed E-state index contributed by atoms with van der Waals surface area (Å²) in [5.41, 5.74) is 20.0. The standard InChI is InChI=1S/C61H58BN3OS/c1-35-29-49-53-50(30-35)64-54-42(56-55(64)41-18-10-12-21-51(41)66-56)31-37(59(5,6)7)33-45(54)62(53)44-25-24-38(34-48(44)63(49)47-20-16-19-40-39-17-11-13-22-52(39)67-57(40)47)65-46-26-23-36(58(2,3)4)32-43(46)60(8)27-14-15-28-61(60,65)9/h10-13,16-17,19-26,29-34,41H,14-15,18,27-28H2,1-9H3. The number of thiophene rings is 1. The molecule has 0 N–H and O–H groups in total. The second-order valence-electron chi connectivity index (χ2n) is 23.3. The second kappa shape index (κ2) is 13.2. The Balaban J connectivity index is 1.09. The molecule has 8 aromatic rings. The molecule has 6 aliphatic rings. The first-order valence-electron chi connectivity index (χ1n) is 24.9. The number of anilines is 5. The lowest BCUT2D eigenvalue weighted by Gasteiger charge is -2.50. The maximum Gasteiger partial charge on any atom is 0.252 e. The summed E-state index contributed by atoms with van der Waals surface area (Å²) >= 11 is 1.93. The van der Waals surface area contributed by atoms with Gasteiger partial charge in [-0.05, 0) is 137 Å². The number of hydrogen-bond acceptors (Lipinski definition) is 4. The Morgan fingerprint density at radius 1 is 0.701 bits per heavy atom. The van der Waals surface area contributed by atoms with Crippen LogP contribution in [0.15, 0.2) is 127 Å². The van der Waals surface area contributed by atoms with Crippen LogP contribution in [0.5, 0.6) is 5.75 Å². The highest BCUT2D eigenvalue weighted by atomic mass is 32.1. The van der Waals surface area contributed by atoms with Crippen LogP contribution in [0.2, 0.25) is 0 Å². The molecule has 0 bridgehead atoms. The van der Waals surface area contributed by atoms with E-state index in [-0.39, 0.29) is 34.4 Å². The van der Waals surface area contributed by atoms with E-state index in [0.717, 1.165) is 24.4 Å². The molecule has 0 saturated heterocycles. The summed E-state index contributed by atoms with van der Waals surface area (Å²) in [6.07, 6.45) is 12.5. The molecule has 3 atom stereocenters. The Bertz CT molecular complexity index is 3590. The molecule has 2 aliphatic carbocycles. The highest BCUT2D eigenvalue weighted by Crippen LogP contribution is 2.62. The number of aryl methyl sites for hydroxylation is 1. The molecule has 14 rings (SSSR count). The van der Waals surface area contributed by atoms with Gasteiger partial charge in [-0.25, -0.2) is 0 Å². The molecule has 0 spiro atoms. The molecule has 0 amide bonds. The number of fused-ring (bicyclic) bond motifs is 15. The Morgan fingerprint density at radius 3 is 2.33 bits per heavy atom. The Hall–Kier alpha value is -5.98. The van der Waals surface area contributed by atoms with Gasteiger partial charge in [-0.3, -0.25) is 0 Å². The van der Waals surface area contributed by atoms with E-state index in [4.69, 9.17) is 4.74 Å². The molecule has 332 valence electrons. The fourth-order valence-corrected chi connectivity index (χ4v) is 15.0. The summed E-state index contributed by atoms with van der Waals surface area (Å²) in [6.45, 7) is 21.7. The molecule has 2 aromatic heterocycles. The number of nitrogens with zero attached hydrogens (tertiary/aromatic N) is 3. The average Bonchev–Trinajstić information content (AvgIpc) is 4.02. The van der Waals surface area contributed by atoms with Crippen molar-refractivity contribution in [1.29, 1.82) is 0 Å². The van der Waals surface area contributed by atoms with Gasteiger partial charge in [0.1, 0.15) is 5.76 Å². The van der Waals surface area contributed by atoms with Crippen molar-refractivity contribution >= 4 is 94.0 Å². The molecular formula is C61H58BN3OS. The third-order valence-electron chi connectivity index (χ3n) is 17.4. The lowest BCUT2D eigenvalue weighted by molar-refractivity contribution is 0.195. The molecule has 6 heterocycles. The van der Waals surface area contributed by atoms with E-state index in [0.29, 0.717) is 0 Å². The summed E-state index contributed by atoms with van der Waals surface area (Å²) in [5.74, 6) is 2.30. The lowest BCUT2D eigenvalue weighted by atomic mass is 9.33. The van der Waals surface area contributed by atoms with Gasteiger partial charge in [-0.1, -0.05) is 128 Å². The van der Waals surface area contributed by atoms with Crippen LogP contribution >= 0.6 is 11.3 Å². The zero-order valence-electron chi connectivity index (χ0n) is 40.4. The van der Waals surface area contributed by atoms with Crippen molar-refractivity contribution in [3.05, 3.63) is 155 Å². The first-order chi connectivity index (χ1) is 32.1. The van der Waals surface area contributed by atoms with Gasteiger partial charge in [0.05, 0.1) is 33.1 Å². The predicted molar refractivity (Wildman–Crippen MR) is 286 cm³/mol. The SMILES string of the molecule is Cc1cc2c3c(c1)-n1c4c(c5cc(C(C)(C)C)cc(c51)B3c1ccc(N3c5ccc(C(C)(C)C)cc5C5(C)CCCCC35C)cc1N2c1cccc2c1sc1ccccc12)OC1=CC=CCC14. The van der Waals surface area contributed by atoms with Crippen LogP contribution in [0.4, 0.5) is 28.4 Å². The number of hydrogen-bond donors (Lipinski definition) is 0. The third kappa shape index (κ3) is 5.15. The molecule has 0 radical (unpaired) electrons. The largest absolute Gasteiger partial charge is 0.458 e. The van der Waals surface area contributed by atoms with Crippen LogP contribution < -0.4 is 30.9 Å². The topological polar surface area (TPSA) is 20.6 Å². The molecule has 1 fully saturated rings. The van der Waals surface area contributed by atoms with Crippen LogP contribution in [0.1, 0.15) is 121 Å². The highest BCUT2D eigenvalue weighted by molar-refractivity contribution is 7.26. The quantitative estimate of drug-likeness (QED) is 0.161. The Morgan fingerprint density at radius 2 is 1.49 bits per heavy atom. The van der Waals surface area contributed by atoms with Crippen LogP contribution in [0.25, 0.3) is 36.8 Å². The maximum atomic E-state index is 7.02. The minimum absolute atomic E-state index is 0.0249. The maximum absolute atomic E-state index is 7.02. The smallest absolute Gasteiger partial charge is 0.252 e. The summed E-state index contributed by atoms with van der Waals surface area (Å²) < 4.78 is 12.3. The van der Waals surface area contributed by atoms with Crippen LogP contribution in [-0.4, -0.2) is 16.8 Å². The van der Waals surface area contributed by atoms with Crippen LogP contribution in [0, 0.1) is 6.92 Å². The molecule has 3 unspecified atom stereocenters. The summed E-state index contributed by atoms with van der Waals surface area (Å²) in [5, 5.41) is 3.89. The van der Waals surface area contributed by atoms with Gasteiger partial charge in [-0.15, -0.1) is 11.3 Å². The zero-order chi connectivity index (χ0) is 45.7. The van der Waals surface area contributed by atoms with E-state index in [9.17, 15) is 0 Å². The van der Waals surface area contributed by atoms with E-state index >= 15 is 0 Å². The van der Waals surface area contributed by atoms with Gasteiger partial charge < -0.3 is 19.1 Å². The van der Waals surface area contributed by atoms with Crippen LogP contribution in [0.3, 0.4) is 0 Å². The number of aromatic nitrogens is 1. The van der Waals surface area contributed by atoms with Crippen molar-refractivity contribution in [3.8, 4) is 11.4 Å². The van der Waals surface area contributed by atoms with Gasteiger partial charge in [0.2, 0.25) is 0 Å². The number of ether oxygens (including phenoxy) is 1. The lowest BCUT2D eigenvalue weighted by Crippen LogP contribution is -2.61. The molecule has 6 aromatic carbocycles. The van der Waals surface area contributed by atoms with E-state index in [2.05, 4.69) is 198 Å². The Kier molecular flexibility index (Phi) is 7.89. The van der Waals surface area contributed by atoms with Crippen molar-refractivity contribution in [1.82, 2.24) is 4.57 Å². The van der Waals surface area contributed by atoms with E-state index in [1.807, 2.05) is 11.3 Å².